The van der Waals surface area contributed by atoms with Gasteiger partial charge in [-0.05, 0) is 31.9 Å². The molecule has 1 aliphatic carbocycles. The first-order valence-electron chi connectivity index (χ1n) is 5.31. The summed E-state index contributed by atoms with van der Waals surface area (Å²) in [6, 6.07) is 4.37. The maximum Gasteiger partial charge on any atom is 0.233 e. The van der Waals surface area contributed by atoms with Crippen LogP contribution >= 0.6 is 34.7 Å². The summed E-state index contributed by atoms with van der Waals surface area (Å²) in [6.07, 6.45) is 2.29. The molecule has 1 fully saturated rings. The van der Waals surface area contributed by atoms with Gasteiger partial charge in [-0.15, -0.1) is 23.1 Å². The van der Waals surface area contributed by atoms with Gasteiger partial charge in [-0.2, -0.15) is 0 Å². The molecule has 1 aromatic rings. The van der Waals surface area contributed by atoms with Gasteiger partial charge in [0, 0.05) is 16.7 Å². The highest BCUT2D eigenvalue weighted by atomic mass is 35.5. The molecule has 5 heteroatoms. The highest BCUT2D eigenvalue weighted by molar-refractivity contribution is 7.99. The number of halogens is 1. The standard InChI is InChI=1S/C11H14ClNOS2/c1-7(11(14)13-8-2-3-8)15-6-9-4-5-10(12)16-9/h4-5,7-8H,2-3,6H2,1H3,(H,13,14)/t7-/m0/s1. The van der Waals surface area contributed by atoms with Crippen molar-refractivity contribution in [2.75, 3.05) is 0 Å². The minimum absolute atomic E-state index is 0.0153. The van der Waals surface area contributed by atoms with Crippen LogP contribution in [0.2, 0.25) is 4.34 Å². The Hall–Kier alpha value is -0.190. The maximum atomic E-state index is 11.7. The Kier molecular flexibility index (Phi) is 4.16. The fourth-order valence-corrected chi connectivity index (χ4v) is 3.31. The van der Waals surface area contributed by atoms with E-state index in [4.69, 9.17) is 11.6 Å². The molecule has 1 aliphatic rings. The van der Waals surface area contributed by atoms with Gasteiger partial charge in [-0.3, -0.25) is 4.79 Å². The minimum atomic E-state index is 0.0153. The molecule has 1 heterocycles. The molecule has 0 spiro atoms. The molecular formula is C11H14ClNOS2. The number of rotatable bonds is 5. The van der Waals surface area contributed by atoms with Gasteiger partial charge in [0.05, 0.1) is 9.59 Å². The van der Waals surface area contributed by atoms with Crippen molar-refractivity contribution in [3.05, 3.63) is 21.3 Å². The molecule has 2 rings (SSSR count). The second-order valence-electron chi connectivity index (χ2n) is 3.94. The van der Waals surface area contributed by atoms with Gasteiger partial charge in [-0.1, -0.05) is 11.6 Å². The molecule has 16 heavy (non-hydrogen) atoms. The van der Waals surface area contributed by atoms with Crippen molar-refractivity contribution < 1.29 is 4.79 Å². The van der Waals surface area contributed by atoms with Crippen LogP contribution in [-0.4, -0.2) is 17.2 Å². The monoisotopic (exact) mass is 275 g/mol. The predicted molar refractivity (Wildman–Crippen MR) is 71.3 cm³/mol. The van der Waals surface area contributed by atoms with Gasteiger partial charge in [0.2, 0.25) is 5.91 Å². The SMILES string of the molecule is C[C@H](SCc1ccc(Cl)s1)C(=O)NC1CC1. The molecule has 1 N–H and O–H groups in total. The summed E-state index contributed by atoms with van der Waals surface area (Å²) in [5, 5.41) is 3.03. The third-order valence-corrected chi connectivity index (χ3v) is 5.00. The van der Waals surface area contributed by atoms with Crippen LogP contribution in [0.3, 0.4) is 0 Å². The normalized spacial score (nSPS) is 17.1. The molecule has 1 atom stereocenters. The Morgan fingerprint density at radius 1 is 1.69 bits per heavy atom. The lowest BCUT2D eigenvalue weighted by Crippen LogP contribution is -2.32. The Morgan fingerprint density at radius 2 is 2.44 bits per heavy atom. The Labute approximate surface area is 109 Å². The summed E-state index contributed by atoms with van der Waals surface area (Å²) >= 11 is 9.09. The molecule has 0 aliphatic heterocycles. The highest BCUT2D eigenvalue weighted by Crippen LogP contribution is 2.27. The van der Waals surface area contributed by atoms with E-state index in [2.05, 4.69) is 5.32 Å². The summed E-state index contributed by atoms with van der Waals surface area (Å²) in [4.78, 5) is 12.9. The largest absolute Gasteiger partial charge is 0.352 e. The first-order chi connectivity index (χ1) is 7.65. The molecule has 0 radical (unpaired) electrons. The lowest BCUT2D eigenvalue weighted by molar-refractivity contribution is -0.120. The zero-order valence-corrected chi connectivity index (χ0v) is 11.4. The molecule has 0 bridgehead atoms. The third kappa shape index (κ3) is 3.68. The van der Waals surface area contributed by atoms with E-state index < -0.39 is 0 Å². The van der Waals surface area contributed by atoms with Crippen molar-refractivity contribution in [1.29, 1.82) is 0 Å². The van der Waals surface area contributed by atoms with Crippen LogP contribution in [-0.2, 0) is 10.5 Å². The second-order valence-corrected chi connectivity index (χ2v) is 7.07. The molecule has 88 valence electrons. The number of hydrogen-bond donors (Lipinski definition) is 1. The molecule has 2 nitrogen and oxygen atoms in total. The summed E-state index contributed by atoms with van der Waals surface area (Å²) < 4.78 is 0.811. The van der Waals surface area contributed by atoms with Crippen LogP contribution in [0.4, 0.5) is 0 Å². The Bertz CT molecular complexity index is 376. The number of hydrogen-bond acceptors (Lipinski definition) is 3. The number of amides is 1. The quantitative estimate of drug-likeness (QED) is 0.893. The average Bonchev–Trinajstić information content (AvgIpc) is 2.96. The van der Waals surface area contributed by atoms with Crippen LogP contribution in [0, 0.1) is 0 Å². The van der Waals surface area contributed by atoms with Gasteiger partial charge in [0.1, 0.15) is 0 Å². The summed E-state index contributed by atoms with van der Waals surface area (Å²) in [7, 11) is 0. The van der Waals surface area contributed by atoms with Crippen molar-refractivity contribution in [2.45, 2.75) is 36.8 Å². The molecule has 0 unspecified atom stereocenters. The van der Waals surface area contributed by atoms with E-state index in [0.717, 1.165) is 22.9 Å². The lowest BCUT2D eigenvalue weighted by Gasteiger charge is -2.10. The van der Waals surface area contributed by atoms with Crippen molar-refractivity contribution >= 4 is 40.6 Å². The molecule has 1 amide bonds. The predicted octanol–water partition coefficient (Wildman–Crippen LogP) is 3.30. The molecular weight excluding hydrogens is 262 g/mol. The van der Waals surface area contributed by atoms with Crippen LogP contribution in [0.25, 0.3) is 0 Å². The van der Waals surface area contributed by atoms with Gasteiger partial charge >= 0.3 is 0 Å². The number of carbonyl (C=O) groups is 1. The van der Waals surface area contributed by atoms with Crippen molar-refractivity contribution in [3.63, 3.8) is 0 Å². The zero-order valence-electron chi connectivity index (χ0n) is 9.03. The number of nitrogens with one attached hydrogen (secondary N) is 1. The van der Waals surface area contributed by atoms with Gasteiger partial charge in [-0.25, -0.2) is 0 Å². The third-order valence-electron chi connectivity index (χ3n) is 2.40. The Morgan fingerprint density at radius 3 is 3.00 bits per heavy atom. The molecule has 1 saturated carbocycles. The highest BCUT2D eigenvalue weighted by Gasteiger charge is 2.25. The van der Waals surface area contributed by atoms with Gasteiger partial charge in [0.15, 0.2) is 0 Å². The van der Waals surface area contributed by atoms with Gasteiger partial charge in [0.25, 0.3) is 0 Å². The molecule has 0 saturated heterocycles. The van der Waals surface area contributed by atoms with Crippen LogP contribution in [0.5, 0.6) is 0 Å². The van der Waals surface area contributed by atoms with E-state index in [1.165, 1.54) is 4.88 Å². The van der Waals surface area contributed by atoms with E-state index in [1.54, 1.807) is 23.1 Å². The van der Waals surface area contributed by atoms with E-state index >= 15 is 0 Å². The number of thioether (sulfide) groups is 1. The van der Waals surface area contributed by atoms with Crippen molar-refractivity contribution in [3.8, 4) is 0 Å². The van der Waals surface area contributed by atoms with Crippen LogP contribution in [0.1, 0.15) is 24.6 Å². The summed E-state index contributed by atoms with van der Waals surface area (Å²) in [5.41, 5.74) is 0. The summed E-state index contributed by atoms with van der Waals surface area (Å²) in [6.45, 7) is 1.96. The van der Waals surface area contributed by atoms with E-state index in [-0.39, 0.29) is 11.2 Å². The second kappa shape index (κ2) is 5.43. The van der Waals surface area contributed by atoms with Crippen LogP contribution in [0.15, 0.2) is 12.1 Å². The topological polar surface area (TPSA) is 29.1 Å². The average molecular weight is 276 g/mol. The van der Waals surface area contributed by atoms with Crippen LogP contribution < -0.4 is 5.32 Å². The maximum absolute atomic E-state index is 11.7. The smallest absolute Gasteiger partial charge is 0.233 e. The van der Waals surface area contributed by atoms with E-state index in [9.17, 15) is 4.79 Å². The van der Waals surface area contributed by atoms with E-state index in [1.807, 2.05) is 19.1 Å². The molecule has 0 aromatic carbocycles. The van der Waals surface area contributed by atoms with E-state index in [0.29, 0.717) is 6.04 Å². The minimum Gasteiger partial charge on any atom is -0.352 e. The lowest BCUT2D eigenvalue weighted by atomic mass is 10.4. The zero-order chi connectivity index (χ0) is 11.5. The fourth-order valence-electron chi connectivity index (χ4n) is 1.26. The first-order valence-corrected chi connectivity index (χ1v) is 7.55. The van der Waals surface area contributed by atoms with Crippen molar-refractivity contribution in [2.24, 2.45) is 0 Å². The first kappa shape index (κ1) is 12.3. The number of thiophene rings is 1. The fraction of sp³-hybridized carbons (Fsp3) is 0.545. The van der Waals surface area contributed by atoms with Crippen molar-refractivity contribution in [1.82, 2.24) is 5.32 Å². The number of carbonyl (C=O) groups excluding carboxylic acids is 1. The Balaban J connectivity index is 1.73. The molecule has 1 aromatic heterocycles. The van der Waals surface area contributed by atoms with Gasteiger partial charge < -0.3 is 5.32 Å². The summed E-state index contributed by atoms with van der Waals surface area (Å²) in [5.74, 6) is 1.02.